The lowest BCUT2D eigenvalue weighted by Crippen LogP contribution is -2.19. The molecular formula is C14H26N4O. The highest BCUT2D eigenvalue weighted by molar-refractivity contribution is 5.47. The van der Waals surface area contributed by atoms with Gasteiger partial charge in [-0.05, 0) is 19.8 Å². The number of aromatic nitrogens is 2. The van der Waals surface area contributed by atoms with Crippen LogP contribution in [0, 0.1) is 0 Å². The van der Waals surface area contributed by atoms with Crippen LogP contribution in [0.2, 0.25) is 0 Å². The van der Waals surface area contributed by atoms with E-state index in [0.717, 1.165) is 24.5 Å². The summed E-state index contributed by atoms with van der Waals surface area (Å²) in [6.07, 6.45) is 3.41. The third-order valence-corrected chi connectivity index (χ3v) is 2.95. The summed E-state index contributed by atoms with van der Waals surface area (Å²) < 4.78 is 5.37. The summed E-state index contributed by atoms with van der Waals surface area (Å²) in [5.41, 5.74) is 0. The van der Waals surface area contributed by atoms with Gasteiger partial charge in [-0.25, -0.2) is 9.97 Å². The van der Waals surface area contributed by atoms with Crippen molar-refractivity contribution < 1.29 is 4.74 Å². The average Bonchev–Trinajstić information content (AvgIpc) is 2.44. The molecule has 19 heavy (non-hydrogen) atoms. The van der Waals surface area contributed by atoms with Gasteiger partial charge in [0.15, 0.2) is 5.82 Å². The van der Waals surface area contributed by atoms with Crippen molar-refractivity contribution in [3.63, 3.8) is 0 Å². The molecule has 1 atom stereocenters. The van der Waals surface area contributed by atoms with E-state index in [9.17, 15) is 0 Å². The minimum absolute atomic E-state index is 0.450. The molecule has 1 aromatic heterocycles. The molecule has 0 bridgehead atoms. The molecule has 0 fully saturated rings. The predicted octanol–water partition coefficient (Wildman–Crippen LogP) is 3.05. The molecular weight excluding hydrogens is 240 g/mol. The summed E-state index contributed by atoms with van der Waals surface area (Å²) in [6, 6.07) is 2.40. The molecule has 0 aromatic carbocycles. The zero-order valence-electron chi connectivity index (χ0n) is 12.5. The van der Waals surface area contributed by atoms with Crippen molar-refractivity contribution in [3.05, 3.63) is 11.9 Å². The van der Waals surface area contributed by atoms with E-state index in [1.807, 2.05) is 20.0 Å². The van der Waals surface area contributed by atoms with Gasteiger partial charge in [0.2, 0.25) is 0 Å². The van der Waals surface area contributed by atoms with E-state index in [4.69, 9.17) is 4.74 Å². The van der Waals surface area contributed by atoms with Gasteiger partial charge in [0.25, 0.3) is 0 Å². The van der Waals surface area contributed by atoms with Crippen molar-refractivity contribution >= 4 is 11.6 Å². The van der Waals surface area contributed by atoms with Gasteiger partial charge in [0, 0.05) is 25.8 Å². The molecule has 0 saturated carbocycles. The van der Waals surface area contributed by atoms with Crippen LogP contribution in [-0.4, -0.2) is 29.7 Å². The van der Waals surface area contributed by atoms with Crippen LogP contribution in [0.15, 0.2) is 6.07 Å². The van der Waals surface area contributed by atoms with E-state index in [1.54, 1.807) is 0 Å². The first-order valence-corrected chi connectivity index (χ1v) is 7.13. The molecule has 1 aromatic rings. The van der Waals surface area contributed by atoms with Gasteiger partial charge < -0.3 is 15.4 Å². The predicted molar refractivity (Wildman–Crippen MR) is 79.5 cm³/mol. The zero-order chi connectivity index (χ0) is 14.1. The molecule has 0 spiro atoms. The maximum Gasteiger partial charge on any atom is 0.158 e. The van der Waals surface area contributed by atoms with Crippen LogP contribution in [0.5, 0.6) is 0 Å². The molecule has 5 heteroatoms. The Kier molecular flexibility index (Phi) is 7.18. The molecule has 5 nitrogen and oxygen atoms in total. The van der Waals surface area contributed by atoms with Crippen LogP contribution in [0.3, 0.4) is 0 Å². The van der Waals surface area contributed by atoms with Crippen LogP contribution < -0.4 is 10.6 Å². The van der Waals surface area contributed by atoms with Gasteiger partial charge in [-0.1, -0.05) is 20.3 Å². The summed E-state index contributed by atoms with van der Waals surface area (Å²) in [5.74, 6) is 2.40. The Morgan fingerprint density at radius 3 is 2.53 bits per heavy atom. The molecule has 1 unspecified atom stereocenters. The van der Waals surface area contributed by atoms with Crippen LogP contribution in [0.4, 0.5) is 11.6 Å². The van der Waals surface area contributed by atoms with Crippen molar-refractivity contribution in [2.45, 2.75) is 52.7 Å². The highest BCUT2D eigenvalue weighted by Crippen LogP contribution is 2.15. The molecule has 1 heterocycles. The summed E-state index contributed by atoms with van der Waals surface area (Å²) in [7, 11) is 1.86. The quantitative estimate of drug-likeness (QED) is 0.719. The number of nitrogens with zero attached hydrogens (tertiary/aromatic N) is 2. The van der Waals surface area contributed by atoms with Gasteiger partial charge in [0.1, 0.15) is 18.2 Å². The standard InChI is InChI=1S/C14H26N4O/c1-5-8-11(6-2)16-13-9-12(15-4)17-14(18-13)10-19-7-3/h9,11H,5-8,10H2,1-4H3,(H2,15,16,17,18). The smallest absolute Gasteiger partial charge is 0.158 e. The largest absolute Gasteiger partial charge is 0.374 e. The summed E-state index contributed by atoms with van der Waals surface area (Å²) in [6.45, 7) is 7.47. The number of hydrogen-bond donors (Lipinski definition) is 2. The Labute approximate surface area is 116 Å². The van der Waals surface area contributed by atoms with E-state index >= 15 is 0 Å². The first-order valence-electron chi connectivity index (χ1n) is 7.13. The Bertz CT molecular complexity index is 370. The van der Waals surface area contributed by atoms with Crippen molar-refractivity contribution in [2.75, 3.05) is 24.3 Å². The summed E-state index contributed by atoms with van der Waals surface area (Å²) >= 11 is 0. The average molecular weight is 266 g/mol. The maximum absolute atomic E-state index is 5.37. The first-order chi connectivity index (χ1) is 9.23. The van der Waals surface area contributed by atoms with E-state index in [-0.39, 0.29) is 0 Å². The molecule has 0 aliphatic heterocycles. The number of anilines is 2. The van der Waals surface area contributed by atoms with Gasteiger partial charge in [-0.2, -0.15) is 0 Å². The first kappa shape index (κ1) is 15.7. The third-order valence-electron chi connectivity index (χ3n) is 2.95. The van der Waals surface area contributed by atoms with Crippen molar-refractivity contribution in [1.29, 1.82) is 0 Å². The Morgan fingerprint density at radius 1 is 1.21 bits per heavy atom. The Balaban J connectivity index is 2.80. The Hall–Kier alpha value is -1.36. The molecule has 0 radical (unpaired) electrons. The van der Waals surface area contributed by atoms with Crippen LogP contribution in [0.1, 0.15) is 45.9 Å². The Morgan fingerprint density at radius 2 is 1.95 bits per heavy atom. The zero-order valence-corrected chi connectivity index (χ0v) is 12.5. The molecule has 0 amide bonds. The minimum atomic E-state index is 0.450. The highest BCUT2D eigenvalue weighted by atomic mass is 16.5. The van der Waals surface area contributed by atoms with Gasteiger partial charge in [0.05, 0.1) is 0 Å². The monoisotopic (exact) mass is 266 g/mol. The fraction of sp³-hybridized carbons (Fsp3) is 0.714. The van der Waals surface area contributed by atoms with Gasteiger partial charge in [-0.3, -0.25) is 0 Å². The molecule has 1 rings (SSSR count). The van der Waals surface area contributed by atoms with Crippen LogP contribution >= 0.6 is 0 Å². The van der Waals surface area contributed by atoms with E-state index in [1.165, 1.54) is 6.42 Å². The van der Waals surface area contributed by atoms with E-state index < -0.39 is 0 Å². The fourth-order valence-electron chi connectivity index (χ4n) is 1.89. The summed E-state index contributed by atoms with van der Waals surface area (Å²) in [4.78, 5) is 8.88. The van der Waals surface area contributed by atoms with Crippen molar-refractivity contribution in [2.24, 2.45) is 0 Å². The fourth-order valence-corrected chi connectivity index (χ4v) is 1.89. The molecule has 0 aliphatic rings. The molecule has 0 saturated heterocycles. The molecule has 2 N–H and O–H groups in total. The number of rotatable bonds is 9. The molecule has 0 aliphatic carbocycles. The lowest BCUT2D eigenvalue weighted by Gasteiger charge is -2.17. The maximum atomic E-state index is 5.37. The van der Waals surface area contributed by atoms with E-state index in [2.05, 4.69) is 34.4 Å². The second-order valence-corrected chi connectivity index (χ2v) is 4.48. The third kappa shape index (κ3) is 5.42. The van der Waals surface area contributed by atoms with Crippen LogP contribution in [0.25, 0.3) is 0 Å². The number of ether oxygens (including phenoxy) is 1. The van der Waals surface area contributed by atoms with Crippen LogP contribution in [-0.2, 0) is 11.3 Å². The topological polar surface area (TPSA) is 59.1 Å². The lowest BCUT2D eigenvalue weighted by molar-refractivity contribution is 0.128. The summed E-state index contributed by atoms with van der Waals surface area (Å²) in [5, 5.41) is 6.54. The van der Waals surface area contributed by atoms with Crippen molar-refractivity contribution in [3.8, 4) is 0 Å². The second kappa shape index (κ2) is 8.69. The minimum Gasteiger partial charge on any atom is -0.374 e. The van der Waals surface area contributed by atoms with Gasteiger partial charge >= 0.3 is 0 Å². The van der Waals surface area contributed by atoms with Crippen molar-refractivity contribution in [1.82, 2.24) is 9.97 Å². The normalized spacial score (nSPS) is 12.2. The lowest BCUT2D eigenvalue weighted by atomic mass is 10.1. The second-order valence-electron chi connectivity index (χ2n) is 4.48. The highest BCUT2D eigenvalue weighted by Gasteiger charge is 2.08. The molecule has 108 valence electrons. The van der Waals surface area contributed by atoms with Gasteiger partial charge in [-0.15, -0.1) is 0 Å². The number of hydrogen-bond acceptors (Lipinski definition) is 5. The number of nitrogens with one attached hydrogen (secondary N) is 2. The SMILES string of the molecule is CCCC(CC)Nc1cc(NC)nc(COCC)n1. The van der Waals surface area contributed by atoms with E-state index in [0.29, 0.717) is 25.1 Å².